The second-order valence-corrected chi connectivity index (χ2v) is 7.86. The predicted molar refractivity (Wildman–Crippen MR) is 132 cm³/mol. The summed E-state index contributed by atoms with van der Waals surface area (Å²) in [7, 11) is 0. The van der Waals surface area contributed by atoms with E-state index in [0.717, 1.165) is 13.0 Å². The Morgan fingerprint density at radius 2 is 1.14 bits per heavy atom. The van der Waals surface area contributed by atoms with E-state index in [1.165, 1.54) is 32.6 Å². The average Bonchev–Trinajstić information content (AvgIpc) is 2.84. The largest absolute Gasteiger partial charge is 0.461 e. The van der Waals surface area contributed by atoms with Gasteiger partial charge in [-0.1, -0.05) is 32.6 Å². The number of hydrogen-bond acceptors (Lipinski definition) is 10. The molecule has 0 aliphatic heterocycles. The Kier molecular flexibility index (Phi) is 24.4. The van der Waals surface area contributed by atoms with Crippen LogP contribution in [0.25, 0.3) is 0 Å². The number of carbonyl (C=O) groups excluding carboxylic acids is 3. The van der Waals surface area contributed by atoms with Crippen LogP contribution in [0.2, 0.25) is 0 Å². The maximum atomic E-state index is 11.6. The van der Waals surface area contributed by atoms with Gasteiger partial charge >= 0.3 is 18.2 Å². The van der Waals surface area contributed by atoms with Crippen LogP contribution in [-0.4, -0.2) is 103 Å². The first-order valence-corrected chi connectivity index (χ1v) is 12.7. The second kappa shape index (κ2) is 25.9. The van der Waals surface area contributed by atoms with Gasteiger partial charge in [0.05, 0.1) is 52.8 Å². The zero-order chi connectivity index (χ0) is 26.7. The Hall–Kier alpha value is -2.15. The third-order valence-electron chi connectivity index (χ3n) is 4.47. The van der Waals surface area contributed by atoms with Crippen LogP contribution in [0.15, 0.2) is 0 Å². The summed E-state index contributed by atoms with van der Waals surface area (Å²) in [6.07, 6.45) is 4.50. The molecule has 12 heteroatoms. The zero-order valence-corrected chi connectivity index (χ0v) is 22.2. The molecule has 2 amide bonds. The fraction of sp³-hybridized carbons (Fsp3) is 0.875. The lowest BCUT2D eigenvalue weighted by molar-refractivity contribution is -0.145. The van der Waals surface area contributed by atoms with Crippen molar-refractivity contribution in [3.8, 4) is 0 Å². The van der Waals surface area contributed by atoms with Gasteiger partial charge in [-0.2, -0.15) is 0 Å². The summed E-state index contributed by atoms with van der Waals surface area (Å²) in [6, 6.07) is 0. The quantitative estimate of drug-likeness (QED) is 0.110. The number of nitrogens with one attached hydrogen (secondary N) is 2. The van der Waals surface area contributed by atoms with Crippen molar-refractivity contribution in [2.24, 2.45) is 0 Å². The molecule has 2 N–H and O–H groups in total. The molecule has 212 valence electrons. The summed E-state index contributed by atoms with van der Waals surface area (Å²) in [5.74, 6) is -0.413. The molecule has 1 atom stereocenters. The Bertz CT molecular complexity index is 551. The van der Waals surface area contributed by atoms with Gasteiger partial charge in [0, 0.05) is 20.1 Å². The number of alkyl carbamates (subject to hydrolysis) is 2. The third-order valence-corrected chi connectivity index (χ3v) is 4.47. The maximum absolute atomic E-state index is 11.6. The minimum atomic E-state index is -0.617. The van der Waals surface area contributed by atoms with Crippen molar-refractivity contribution in [2.45, 2.75) is 59.0 Å². The van der Waals surface area contributed by atoms with Crippen LogP contribution >= 0.6 is 0 Å². The molecular formula is C24H46N2O10. The number of esters is 1. The molecule has 0 radical (unpaired) electrons. The van der Waals surface area contributed by atoms with Crippen LogP contribution < -0.4 is 10.6 Å². The normalized spacial score (nSPS) is 11.5. The summed E-state index contributed by atoms with van der Waals surface area (Å²) in [5, 5.41) is 5.07. The molecule has 0 saturated carbocycles. The van der Waals surface area contributed by atoms with Crippen molar-refractivity contribution < 1.29 is 47.5 Å². The van der Waals surface area contributed by atoms with Crippen LogP contribution in [0.4, 0.5) is 9.59 Å². The highest BCUT2D eigenvalue weighted by molar-refractivity contribution is 5.68. The zero-order valence-electron chi connectivity index (χ0n) is 22.2. The van der Waals surface area contributed by atoms with Gasteiger partial charge in [-0.15, -0.1) is 0 Å². The lowest BCUT2D eigenvalue weighted by atomic mass is 10.2. The van der Waals surface area contributed by atoms with Crippen LogP contribution in [0.3, 0.4) is 0 Å². The lowest BCUT2D eigenvalue weighted by Crippen LogP contribution is -2.33. The number of amides is 2. The van der Waals surface area contributed by atoms with E-state index < -0.39 is 24.3 Å². The van der Waals surface area contributed by atoms with Crippen molar-refractivity contribution in [3.63, 3.8) is 0 Å². The lowest BCUT2D eigenvalue weighted by Gasteiger charge is -2.13. The molecule has 0 aliphatic carbocycles. The maximum Gasteiger partial charge on any atom is 0.407 e. The van der Waals surface area contributed by atoms with Gasteiger partial charge in [0.1, 0.15) is 19.3 Å². The van der Waals surface area contributed by atoms with Gasteiger partial charge in [-0.05, 0) is 13.3 Å². The van der Waals surface area contributed by atoms with Crippen molar-refractivity contribution in [2.75, 3.05) is 79.2 Å². The molecule has 0 saturated heterocycles. The van der Waals surface area contributed by atoms with Crippen molar-refractivity contribution in [1.29, 1.82) is 0 Å². The van der Waals surface area contributed by atoms with Gasteiger partial charge < -0.3 is 43.8 Å². The van der Waals surface area contributed by atoms with Crippen molar-refractivity contribution in [3.05, 3.63) is 0 Å². The Labute approximate surface area is 215 Å². The van der Waals surface area contributed by atoms with Gasteiger partial charge in [-0.3, -0.25) is 4.79 Å². The minimum Gasteiger partial charge on any atom is -0.461 e. The van der Waals surface area contributed by atoms with E-state index in [1.807, 2.05) is 0 Å². The highest BCUT2D eigenvalue weighted by Gasteiger charge is 2.08. The Balaban J connectivity index is 3.30. The molecule has 0 spiro atoms. The van der Waals surface area contributed by atoms with E-state index >= 15 is 0 Å². The summed E-state index contributed by atoms with van der Waals surface area (Å²) in [5.41, 5.74) is 0. The van der Waals surface area contributed by atoms with Crippen LogP contribution in [0, 0.1) is 0 Å². The second-order valence-electron chi connectivity index (χ2n) is 7.86. The fourth-order valence-electron chi connectivity index (χ4n) is 2.72. The Morgan fingerprint density at radius 3 is 1.72 bits per heavy atom. The minimum absolute atomic E-state index is 0.0763. The molecule has 0 fully saturated rings. The molecular weight excluding hydrogens is 476 g/mol. The van der Waals surface area contributed by atoms with Crippen LogP contribution in [-0.2, 0) is 38.0 Å². The Morgan fingerprint density at radius 1 is 0.639 bits per heavy atom. The molecule has 0 heterocycles. The van der Waals surface area contributed by atoms with E-state index in [4.69, 9.17) is 33.2 Å². The number of rotatable bonds is 24. The number of hydrogen-bond donors (Lipinski definition) is 2. The highest BCUT2D eigenvalue weighted by Crippen LogP contribution is 2.02. The number of unbranched alkanes of at least 4 members (excludes halogenated alkanes) is 4. The first-order chi connectivity index (χ1) is 17.5. The smallest absolute Gasteiger partial charge is 0.407 e. The molecule has 0 rings (SSSR count). The third kappa shape index (κ3) is 26.5. The molecule has 0 bridgehead atoms. The van der Waals surface area contributed by atoms with E-state index in [2.05, 4.69) is 17.6 Å². The highest BCUT2D eigenvalue weighted by atomic mass is 16.6. The summed E-state index contributed by atoms with van der Waals surface area (Å²) in [4.78, 5) is 33.8. The monoisotopic (exact) mass is 522 g/mol. The van der Waals surface area contributed by atoms with E-state index in [9.17, 15) is 14.4 Å². The van der Waals surface area contributed by atoms with E-state index in [-0.39, 0.29) is 33.0 Å². The van der Waals surface area contributed by atoms with E-state index in [0.29, 0.717) is 39.6 Å². The molecule has 36 heavy (non-hydrogen) atoms. The average molecular weight is 523 g/mol. The van der Waals surface area contributed by atoms with Crippen LogP contribution in [0.5, 0.6) is 0 Å². The summed E-state index contributed by atoms with van der Waals surface area (Å²) in [6.45, 7) is 9.14. The molecule has 0 aromatic heterocycles. The van der Waals surface area contributed by atoms with Crippen molar-refractivity contribution in [1.82, 2.24) is 10.6 Å². The predicted octanol–water partition coefficient (Wildman–Crippen LogP) is 2.43. The molecule has 1 unspecified atom stereocenters. The first kappa shape index (κ1) is 33.8. The van der Waals surface area contributed by atoms with E-state index in [1.54, 1.807) is 6.92 Å². The first-order valence-electron chi connectivity index (χ1n) is 12.7. The molecule has 12 nitrogen and oxygen atoms in total. The SMILES string of the molecule is CCCCCCCOCCOCCNC(=O)OCCOCCOCCOC(=O)NCC(C)OC(C)=O. The van der Waals surface area contributed by atoms with Crippen LogP contribution in [0.1, 0.15) is 52.9 Å². The van der Waals surface area contributed by atoms with Crippen molar-refractivity contribution >= 4 is 18.2 Å². The topological polar surface area (TPSA) is 140 Å². The van der Waals surface area contributed by atoms with Gasteiger partial charge in [0.2, 0.25) is 0 Å². The summed E-state index contributed by atoms with van der Waals surface area (Å²) < 4.78 is 36.2. The van der Waals surface area contributed by atoms with Gasteiger partial charge in [0.15, 0.2) is 0 Å². The fourth-order valence-corrected chi connectivity index (χ4v) is 2.72. The standard InChI is InChI=1S/C24H46N2O10/c1-4-5-6-7-8-10-30-12-13-31-11-9-25-23(28)34-18-16-32-14-15-33-17-19-35-24(29)26-20-21(2)36-22(3)27/h21H,4-20H2,1-3H3,(H,25,28)(H,26,29). The van der Waals surface area contributed by atoms with Gasteiger partial charge in [0.25, 0.3) is 0 Å². The van der Waals surface area contributed by atoms with Gasteiger partial charge in [-0.25, -0.2) is 9.59 Å². The summed E-state index contributed by atoms with van der Waals surface area (Å²) >= 11 is 0. The number of carbonyl (C=O) groups is 3. The number of ether oxygens (including phenoxy) is 7. The molecule has 0 aromatic carbocycles. The molecule has 0 aliphatic rings. The molecule has 0 aromatic rings.